The van der Waals surface area contributed by atoms with Gasteiger partial charge in [-0.25, -0.2) is 4.98 Å². The minimum Gasteiger partial charge on any atom is -0.355 e. The third-order valence-electron chi connectivity index (χ3n) is 3.90. The molecule has 1 atom stereocenters. The molecule has 4 nitrogen and oxygen atoms in total. The van der Waals surface area contributed by atoms with E-state index in [-0.39, 0.29) is 0 Å². The molecule has 0 spiro atoms. The minimum atomic E-state index is 0.568. The Hall–Kier alpha value is -1.13. The van der Waals surface area contributed by atoms with Crippen LogP contribution in [0.15, 0.2) is 12.3 Å². The highest BCUT2D eigenvalue weighted by atomic mass is 15.2. The van der Waals surface area contributed by atoms with Gasteiger partial charge in [0.25, 0.3) is 0 Å². The van der Waals surface area contributed by atoms with Gasteiger partial charge in [-0.3, -0.25) is 0 Å². The minimum absolute atomic E-state index is 0.568. The molecule has 1 aromatic rings. The number of hydrogen-bond acceptors (Lipinski definition) is 4. The number of aryl methyl sites for hydroxylation is 1. The Kier molecular flexibility index (Phi) is 4.19. The summed E-state index contributed by atoms with van der Waals surface area (Å²) >= 11 is 0. The Balaban J connectivity index is 2.23. The molecule has 0 amide bonds. The number of likely N-dealkylation sites (N-methyl/N-ethyl adjacent to an activating group) is 1. The number of rotatable bonds is 3. The Morgan fingerprint density at radius 1 is 1.50 bits per heavy atom. The SMILES string of the molecule is Cc1ccnc(N2CCCC(N(C)C)C2)c1CN. The van der Waals surface area contributed by atoms with Crippen LogP contribution in [0.2, 0.25) is 0 Å². The van der Waals surface area contributed by atoms with Crippen molar-refractivity contribution in [2.24, 2.45) is 5.73 Å². The first-order chi connectivity index (χ1) is 8.63. The first kappa shape index (κ1) is 13.3. The fraction of sp³-hybridized carbons (Fsp3) is 0.643. The highest BCUT2D eigenvalue weighted by Gasteiger charge is 2.23. The summed E-state index contributed by atoms with van der Waals surface area (Å²) in [5.74, 6) is 1.09. The summed E-state index contributed by atoms with van der Waals surface area (Å²) in [5, 5.41) is 0. The second-order valence-corrected chi connectivity index (χ2v) is 5.34. The maximum atomic E-state index is 5.88. The number of nitrogens with two attached hydrogens (primary N) is 1. The molecule has 2 N–H and O–H groups in total. The first-order valence-electron chi connectivity index (χ1n) is 6.69. The zero-order valence-corrected chi connectivity index (χ0v) is 11.7. The van der Waals surface area contributed by atoms with E-state index in [1.165, 1.54) is 24.0 Å². The van der Waals surface area contributed by atoms with Crippen LogP contribution in [0.4, 0.5) is 5.82 Å². The van der Waals surface area contributed by atoms with Crippen LogP contribution in [0, 0.1) is 6.92 Å². The lowest BCUT2D eigenvalue weighted by atomic mass is 10.0. The highest BCUT2D eigenvalue weighted by molar-refractivity contribution is 5.50. The molecule has 1 fully saturated rings. The van der Waals surface area contributed by atoms with Crippen molar-refractivity contribution in [3.63, 3.8) is 0 Å². The van der Waals surface area contributed by atoms with E-state index >= 15 is 0 Å². The number of piperidine rings is 1. The zero-order chi connectivity index (χ0) is 13.1. The molecule has 2 rings (SSSR count). The Bertz CT molecular complexity index is 403. The van der Waals surface area contributed by atoms with E-state index in [0.717, 1.165) is 18.9 Å². The third-order valence-corrected chi connectivity index (χ3v) is 3.90. The number of aromatic nitrogens is 1. The molecule has 1 aliphatic rings. The van der Waals surface area contributed by atoms with Crippen molar-refractivity contribution >= 4 is 5.82 Å². The first-order valence-corrected chi connectivity index (χ1v) is 6.69. The molecule has 4 heteroatoms. The van der Waals surface area contributed by atoms with Gasteiger partial charge in [0.1, 0.15) is 5.82 Å². The van der Waals surface area contributed by atoms with Crippen LogP contribution in [-0.2, 0) is 6.54 Å². The van der Waals surface area contributed by atoms with Crippen LogP contribution >= 0.6 is 0 Å². The lowest BCUT2D eigenvalue weighted by Crippen LogP contribution is -2.45. The summed E-state index contributed by atoms with van der Waals surface area (Å²) < 4.78 is 0. The molecule has 2 heterocycles. The van der Waals surface area contributed by atoms with Gasteiger partial charge < -0.3 is 15.5 Å². The molecule has 0 bridgehead atoms. The van der Waals surface area contributed by atoms with E-state index in [0.29, 0.717) is 12.6 Å². The third kappa shape index (κ3) is 2.65. The van der Waals surface area contributed by atoms with Crippen molar-refractivity contribution in [3.05, 3.63) is 23.4 Å². The van der Waals surface area contributed by atoms with Crippen LogP contribution in [0.3, 0.4) is 0 Å². The molecule has 0 aliphatic carbocycles. The van der Waals surface area contributed by atoms with Crippen molar-refractivity contribution in [3.8, 4) is 0 Å². The summed E-state index contributed by atoms with van der Waals surface area (Å²) in [6, 6.07) is 2.66. The summed E-state index contributed by atoms with van der Waals surface area (Å²) in [5.41, 5.74) is 8.31. The van der Waals surface area contributed by atoms with Gasteiger partial charge in [-0.1, -0.05) is 0 Å². The molecule has 1 unspecified atom stereocenters. The topological polar surface area (TPSA) is 45.4 Å². The van der Waals surface area contributed by atoms with E-state index in [9.17, 15) is 0 Å². The Labute approximate surface area is 110 Å². The largest absolute Gasteiger partial charge is 0.355 e. The monoisotopic (exact) mass is 248 g/mol. The molecule has 18 heavy (non-hydrogen) atoms. The predicted octanol–water partition coefficient (Wildman–Crippen LogP) is 1.38. The van der Waals surface area contributed by atoms with Gasteiger partial charge in [0.15, 0.2) is 0 Å². The van der Waals surface area contributed by atoms with E-state index in [4.69, 9.17) is 5.73 Å². The fourth-order valence-electron chi connectivity index (χ4n) is 2.67. The molecule has 0 saturated carbocycles. The van der Waals surface area contributed by atoms with Gasteiger partial charge in [-0.05, 0) is 45.5 Å². The molecular weight excluding hydrogens is 224 g/mol. The summed E-state index contributed by atoms with van der Waals surface area (Å²) in [6.45, 7) is 4.82. The predicted molar refractivity (Wildman–Crippen MR) is 75.8 cm³/mol. The molecular formula is C14H24N4. The Morgan fingerprint density at radius 2 is 2.28 bits per heavy atom. The van der Waals surface area contributed by atoms with Crippen LogP contribution in [0.5, 0.6) is 0 Å². The zero-order valence-electron chi connectivity index (χ0n) is 11.7. The lowest BCUT2D eigenvalue weighted by molar-refractivity contribution is 0.257. The number of pyridine rings is 1. The van der Waals surface area contributed by atoms with Crippen LogP contribution in [-0.4, -0.2) is 43.1 Å². The number of nitrogens with zero attached hydrogens (tertiary/aromatic N) is 3. The maximum absolute atomic E-state index is 5.88. The van der Waals surface area contributed by atoms with Gasteiger partial charge >= 0.3 is 0 Å². The van der Waals surface area contributed by atoms with Crippen molar-refractivity contribution < 1.29 is 0 Å². The smallest absolute Gasteiger partial charge is 0.133 e. The summed E-state index contributed by atoms with van der Waals surface area (Å²) in [7, 11) is 4.31. The van der Waals surface area contributed by atoms with Gasteiger partial charge in [-0.2, -0.15) is 0 Å². The van der Waals surface area contributed by atoms with E-state index in [1.807, 2.05) is 12.3 Å². The Morgan fingerprint density at radius 3 is 2.94 bits per heavy atom. The lowest BCUT2D eigenvalue weighted by Gasteiger charge is -2.37. The van der Waals surface area contributed by atoms with Crippen molar-refractivity contribution in [2.75, 3.05) is 32.1 Å². The quantitative estimate of drug-likeness (QED) is 0.878. The highest BCUT2D eigenvalue weighted by Crippen LogP contribution is 2.24. The van der Waals surface area contributed by atoms with E-state index in [2.05, 4.69) is 35.8 Å². The number of anilines is 1. The molecule has 0 radical (unpaired) electrons. The maximum Gasteiger partial charge on any atom is 0.133 e. The van der Waals surface area contributed by atoms with Gasteiger partial charge in [0, 0.05) is 37.4 Å². The van der Waals surface area contributed by atoms with E-state index in [1.54, 1.807) is 0 Å². The van der Waals surface area contributed by atoms with Crippen molar-refractivity contribution in [1.82, 2.24) is 9.88 Å². The molecule has 1 aliphatic heterocycles. The average molecular weight is 248 g/mol. The van der Waals surface area contributed by atoms with Crippen molar-refractivity contribution in [1.29, 1.82) is 0 Å². The van der Waals surface area contributed by atoms with Gasteiger partial charge in [0.2, 0.25) is 0 Å². The second-order valence-electron chi connectivity index (χ2n) is 5.34. The van der Waals surface area contributed by atoms with Gasteiger partial charge in [0.05, 0.1) is 0 Å². The molecule has 1 saturated heterocycles. The molecule has 100 valence electrons. The second kappa shape index (κ2) is 5.67. The molecule has 0 aromatic carbocycles. The van der Waals surface area contributed by atoms with E-state index < -0.39 is 0 Å². The average Bonchev–Trinajstić information content (AvgIpc) is 2.38. The van der Waals surface area contributed by atoms with Crippen LogP contribution < -0.4 is 10.6 Å². The normalized spacial score (nSPS) is 20.5. The van der Waals surface area contributed by atoms with Crippen LogP contribution in [0.25, 0.3) is 0 Å². The summed E-state index contributed by atoms with van der Waals surface area (Å²) in [6.07, 6.45) is 4.39. The number of hydrogen-bond donors (Lipinski definition) is 1. The fourth-order valence-corrected chi connectivity index (χ4v) is 2.67. The standard InChI is InChI=1S/C14H24N4/c1-11-6-7-16-14(13(11)9-15)18-8-4-5-12(10-18)17(2)3/h6-7,12H,4-5,8-10,15H2,1-3H3. The van der Waals surface area contributed by atoms with Gasteiger partial charge in [-0.15, -0.1) is 0 Å². The van der Waals surface area contributed by atoms with Crippen LogP contribution in [0.1, 0.15) is 24.0 Å². The summed E-state index contributed by atoms with van der Waals surface area (Å²) in [4.78, 5) is 9.26. The molecule has 1 aromatic heterocycles. The van der Waals surface area contributed by atoms with Crippen molar-refractivity contribution in [2.45, 2.75) is 32.4 Å².